The van der Waals surface area contributed by atoms with Crippen molar-refractivity contribution in [3.63, 3.8) is 0 Å². The maximum absolute atomic E-state index is 5.55. The number of anilines is 1. The van der Waals surface area contributed by atoms with E-state index in [0.717, 1.165) is 29.5 Å². The first-order valence-electron chi connectivity index (χ1n) is 5.66. The van der Waals surface area contributed by atoms with E-state index >= 15 is 0 Å². The van der Waals surface area contributed by atoms with Gasteiger partial charge in [0, 0.05) is 31.0 Å². The maximum atomic E-state index is 5.55. The Morgan fingerprint density at radius 1 is 1.24 bits per heavy atom. The van der Waals surface area contributed by atoms with Crippen LogP contribution < -0.4 is 11.1 Å². The lowest BCUT2D eigenvalue weighted by molar-refractivity contribution is 0.992. The van der Waals surface area contributed by atoms with Gasteiger partial charge in [0.05, 0.1) is 0 Å². The van der Waals surface area contributed by atoms with Gasteiger partial charge in [-0.1, -0.05) is 31.2 Å². The Morgan fingerprint density at radius 3 is 2.53 bits per heavy atom. The predicted octanol–water partition coefficient (Wildman–Crippen LogP) is 2.17. The molecule has 1 heterocycles. The van der Waals surface area contributed by atoms with Gasteiger partial charge in [0.15, 0.2) is 0 Å². The summed E-state index contributed by atoms with van der Waals surface area (Å²) >= 11 is 1.41. The Morgan fingerprint density at radius 2 is 1.94 bits per heavy atom. The molecule has 0 saturated heterocycles. The lowest BCUT2D eigenvalue weighted by Gasteiger charge is -2.03. The molecule has 0 bridgehead atoms. The normalized spacial score (nSPS) is 10.5. The van der Waals surface area contributed by atoms with E-state index in [2.05, 4.69) is 45.9 Å². The average Bonchev–Trinajstić information content (AvgIpc) is 2.85. The number of rotatable bonds is 5. The minimum Gasteiger partial charge on any atom is -0.356 e. The minimum atomic E-state index is 0.587. The van der Waals surface area contributed by atoms with E-state index < -0.39 is 0 Å². The molecular formula is C12H16N4S. The molecule has 0 radical (unpaired) electrons. The lowest BCUT2D eigenvalue weighted by atomic mass is 10.1. The molecule has 2 rings (SSSR count). The van der Waals surface area contributed by atoms with Crippen molar-refractivity contribution in [1.29, 1.82) is 0 Å². The molecule has 2 aromatic rings. The van der Waals surface area contributed by atoms with Crippen molar-refractivity contribution >= 4 is 16.7 Å². The monoisotopic (exact) mass is 248 g/mol. The molecule has 17 heavy (non-hydrogen) atoms. The number of nitrogens with one attached hydrogen (secondary N) is 1. The van der Waals surface area contributed by atoms with E-state index in [4.69, 9.17) is 5.73 Å². The number of nitrogens with zero attached hydrogens (tertiary/aromatic N) is 2. The fraction of sp³-hybridized carbons (Fsp3) is 0.333. The molecule has 1 aromatic heterocycles. The third-order valence-corrected chi connectivity index (χ3v) is 3.20. The van der Waals surface area contributed by atoms with Crippen molar-refractivity contribution < 1.29 is 0 Å². The molecule has 0 aliphatic heterocycles. The SMILES string of the molecule is CCc1nsc(NCc2ccc(CN)cc2)n1. The van der Waals surface area contributed by atoms with Crippen LogP contribution in [-0.4, -0.2) is 9.36 Å². The average molecular weight is 248 g/mol. The number of nitrogens with two attached hydrogens (primary N) is 1. The first-order chi connectivity index (χ1) is 8.31. The van der Waals surface area contributed by atoms with Crippen LogP contribution in [-0.2, 0) is 19.5 Å². The molecular weight excluding hydrogens is 232 g/mol. The third-order valence-electron chi connectivity index (χ3n) is 2.49. The molecule has 5 heteroatoms. The van der Waals surface area contributed by atoms with Crippen LogP contribution in [0, 0.1) is 0 Å². The summed E-state index contributed by atoms with van der Waals surface area (Å²) < 4.78 is 4.23. The highest BCUT2D eigenvalue weighted by Gasteiger charge is 2.01. The first kappa shape index (κ1) is 12.0. The van der Waals surface area contributed by atoms with Crippen molar-refractivity contribution in [2.24, 2.45) is 5.73 Å². The quantitative estimate of drug-likeness (QED) is 0.851. The summed E-state index contributed by atoms with van der Waals surface area (Å²) in [6, 6.07) is 8.26. The van der Waals surface area contributed by atoms with Crippen LogP contribution in [0.2, 0.25) is 0 Å². The number of hydrogen-bond acceptors (Lipinski definition) is 5. The highest BCUT2D eigenvalue weighted by atomic mass is 32.1. The number of hydrogen-bond donors (Lipinski definition) is 2. The second-order valence-electron chi connectivity index (χ2n) is 3.74. The number of benzene rings is 1. The molecule has 1 aromatic carbocycles. The zero-order chi connectivity index (χ0) is 12.1. The van der Waals surface area contributed by atoms with E-state index in [0.29, 0.717) is 6.54 Å². The Balaban J connectivity index is 1.92. The Hall–Kier alpha value is -1.46. The summed E-state index contributed by atoms with van der Waals surface area (Å²) in [7, 11) is 0. The maximum Gasteiger partial charge on any atom is 0.202 e. The van der Waals surface area contributed by atoms with E-state index in [1.807, 2.05) is 0 Å². The fourth-order valence-corrected chi connectivity index (χ4v) is 2.08. The molecule has 0 aliphatic rings. The summed E-state index contributed by atoms with van der Waals surface area (Å²) in [5.74, 6) is 0.899. The smallest absolute Gasteiger partial charge is 0.202 e. The highest BCUT2D eigenvalue weighted by Crippen LogP contribution is 2.13. The van der Waals surface area contributed by atoms with Crippen LogP contribution >= 0.6 is 11.5 Å². The van der Waals surface area contributed by atoms with Crippen LogP contribution in [0.15, 0.2) is 24.3 Å². The van der Waals surface area contributed by atoms with Crippen LogP contribution in [0.5, 0.6) is 0 Å². The molecule has 0 saturated carbocycles. The van der Waals surface area contributed by atoms with Crippen LogP contribution in [0.4, 0.5) is 5.13 Å². The minimum absolute atomic E-state index is 0.587. The van der Waals surface area contributed by atoms with Gasteiger partial charge in [-0.25, -0.2) is 4.98 Å². The standard InChI is InChI=1S/C12H16N4S/c1-2-11-15-12(17-16-11)14-8-10-5-3-9(7-13)4-6-10/h3-6H,2,7-8,13H2,1H3,(H,14,15,16). The number of aromatic nitrogens is 2. The van der Waals surface area contributed by atoms with E-state index in [9.17, 15) is 0 Å². The zero-order valence-electron chi connectivity index (χ0n) is 9.81. The summed E-state index contributed by atoms with van der Waals surface area (Å²) in [6.45, 7) is 3.41. The van der Waals surface area contributed by atoms with Gasteiger partial charge in [-0.15, -0.1) is 0 Å². The van der Waals surface area contributed by atoms with Gasteiger partial charge in [-0.3, -0.25) is 0 Å². The second-order valence-corrected chi connectivity index (χ2v) is 4.50. The van der Waals surface area contributed by atoms with Crippen molar-refractivity contribution in [1.82, 2.24) is 9.36 Å². The van der Waals surface area contributed by atoms with Gasteiger partial charge in [-0.05, 0) is 11.1 Å². The largest absolute Gasteiger partial charge is 0.356 e. The van der Waals surface area contributed by atoms with Crippen LogP contribution in [0.25, 0.3) is 0 Å². The zero-order valence-corrected chi connectivity index (χ0v) is 10.6. The molecule has 90 valence electrons. The number of aryl methyl sites for hydroxylation is 1. The van der Waals surface area contributed by atoms with Crippen LogP contribution in [0.1, 0.15) is 23.9 Å². The molecule has 0 aliphatic carbocycles. The summed E-state index contributed by atoms with van der Waals surface area (Å²) in [5, 5.41) is 4.15. The van der Waals surface area contributed by atoms with Crippen molar-refractivity contribution in [2.45, 2.75) is 26.4 Å². The molecule has 0 fully saturated rings. The molecule has 3 N–H and O–H groups in total. The van der Waals surface area contributed by atoms with Gasteiger partial charge in [-0.2, -0.15) is 4.37 Å². The van der Waals surface area contributed by atoms with Gasteiger partial charge < -0.3 is 11.1 Å². The molecule has 0 spiro atoms. The van der Waals surface area contributed by atoms with Gasteiger partial charge in [0.25, 0.3) is 0 Å². The predicted molar refractivity (Wildman–Crippen MR) is 70.9 cm³/mol. The first-order valence-corrected chi connectivity index (χ1v) is 6.43. The van der Waals surface area contributed by atoms with E-state index in [1.165, 1.54) is 17.1 Å². The topological polar surface area (TPSA) is 63.8 Å². The highest BCUT2D eigenvalue weighted by molar-refractivity contribution is 7.09. The lowest BCUT2D eigenvalue weighted by Crippen LogP contribution is -2.00. The molecule has 0 amide bonds. The molecule has 4 nitrogen and oxygen atoms in total. The molecule has 0 unspecified atom stereocenters. The molecule has 0 atom stereocenters. The third kappa shape index (κ3) is 3.25. The van der Waals surface area contributed by atoms with Crippen LogP contribution in [0.3, 0.4) is 0 Å². The van der Waals surface area contributed by atoms with Gasteiger partial charge in [0.1, 0.15) is 5.82 Å². The summed E-state index contributed by atoms with van der Waals surface area (Å²) in [6.07, 6.45) is 0.878. The summed E-state index contributed by atoms with van der Waals surface area (Å²) in [4.78, 5) is 4.35. The van der Waals surface area contributed by atoms with E-state index in [-0.39, 0.29) is 0 Å². The van der Waals surface area contributed by atoms with Crippen molar-refractivity contribution in [3.8, 4) is 0 Å². The Kier molecular flexibility index (Phi) is 4.06. The fourth-order valence-electron chi connectivity index (χ4n) is 1.44. The van der Waals surface area contributed by atoms with Crippen molar-refractivity contribution in [3.05, 3.63) is 41.2 Å². The Labute approximate surface area is 105 Å². The van der Waals surface area contributed by atoms with Gasteiger partial charge in [0.2, 0.25) is 5.13 Å². The van der Waals surface area contributed by atoms with E-state index in [1.54, 1.807) is 0 Å². The summed E-state index contributed by atoms with van der Waals surface area (Å²) in [5.41, 5.74) is 7.92. The Bertz CT molecular complexity index is 464. The second kappa shape index (κ2) is 5.75. The van der Waals surface area contributed by atoms with Crippen molar-refractivity contribution in [2.75, 3.05) is 5.32 Å². The van der Waals surface area contributed by atoms with Gasteiger partial charge >= 0.3 is 0 Å².